The van der Waals surface area contributed by atoms with Crippen molar-refractivity contribution in [3.8, 4) is 17.6 Å². The van der Waals surface area contributed by atoms with E-state index in [-0.39, 0.29) is 11.4 Å². The minimum absolute atomic E-state index is 0.0528. The van der Waals surface area contributed by atoms with E-state index >= 15 is 0 Å². The summed E-state index contributed by atoms with van der Waals surface area (Å²) in [4.78, 5) is 0.0528. The molecule has 0 saturated heterocycles. The van der Waals surface area contributed by atoms with Crippen LogP contribution in [0.5, 0.6) is 11.5 Å². The number of nitriles is 1. The molecular formula is C10H10N2O4S. The smallest absolute Gasteiger partial charge is 0.241 e. The quantitative estimate of drug-likeness (QED) is 0.781. The Morgan fingerprint density at radius 3 is 2.71 bits per heavy atom. The largest absolute Gasteiger partial charge is 0.486 e. The molecule has 1 aromatic carbocycles. The average Bonchev–Trinajstić information content (AvgIpc) is 2.36. The summed E-state index contributed by atoms with van der Waals surface area (Å²) in [5.41, 5.74) is 0. The molecule has 17 heavy (non-hydrogen) atoms. The van der Waals surface area contributed by atoms with E-state index in [4.69, 9.17) is 14.7 Å². The van der Waals surface area contributed by atoms with E-state index in [1.807, 2.05) is 0 Å². The lowest BCUT2D eigenvalue weighted by molar-refractivity contribution is 0.171. The Balaban J connectivity index is 2.31. The maximum atomic E-state index is 11.7. The van der Waals surface area contributed by atoms with Crippen molar-refractivity contribution in [3.05, 3.63) is 18.2 Å². The zero-order chi connectivity index (χ0) is 12.3. The number of fused-ring (bicyclic) bond motifs is 1. The molecule has 1 aliphatic rings. The maximum Gasteiger partial charge on any atom is 0.241 e. The van der Waals surface area contributed by atoms with Gasteiger partial charge in [-0.2, -0.15) is 9.98 Å². The van der Waals surface area contributed by atoms with Gasteiger partial charge in [-0.1, -0.05) is 0 Å². The van der Waals surface area contributed by atoms with Gasteiger partial charge in [-0.05, 0) is 12.1 Å². The van der Waals surface area contributed by atoms with Crippen molar-refractivity contribution in [2.75, 3.05) is 19.8 Å². The summed E-state index contributed by atoms with van der Waals surface area (Å²) in [7, 11) is -3.66. The van der Waals surface area contributed by atoms with Crippen molar-refractivity contribution >= 4 is 10.0 Å². The van der Waals surface area contributed by atoms with E-state index in [1.165, 1.54) is 18.2 Å². The number of benzene rings is 1. The molecule has 90 valence electrons. The number of hydrogen-bond acceptors (Lipinski definition) is 5. The molecule has 0 atom stereocenters. The molecule has 1 aliphatic heterocycles. The van der Waals surface area contributed by atoms with Gasteiger partial charge in [0.25, 0.3) is 0 Å². The summed E-state index contributed by atoms with van der Waals surface area (Å²) >= 11 is 0. The summed E-state index contributed by atoms with van der Waals surface area (Å²) in [6, 6.07) is 6.04. The first-order valence-corrected chi connectivity index (χ1v) is 6.38. The summed E-state index contributed by atoms with van der Waals surface area (Å²) in [6.07, 6.45) is 0. The molecular weight excluding hydrogens is 244 g/mol. The summed E-state index contributed by atoms with van der Waals surface area (Å²) in [5, 5.41) is 8.35. The Hall–Kier alpha value is -1.78. The van der Waals surface area contributed by atoms with Crippen LogP contribution in [-0.2, 0) is 10.0 Å². The lowest BCUT2D eigenvalue weighted by Gasteiger charge is -2.18. The Kier molecular flexibility index (Phi) is 3.17. The topological polar surface area (TPSA) is 88.4 Å². The van der Waals surface area contributed by atoms with Gasteiger partial charge in [0, 0.05) is 6.07 Å². The molecule has 0 saturated carbocycles. The van der Waals surface area contributed by atoms with Crippen molar-refractivity contribution in [1.82, 2.24) is 4.72 Å². The van der Waals surface area contributed by atoms with Gasteiger partial charge in [-0.15, -0.1) is 0 Å². The maximum absolute atomic E-state index is 11.7. The highest BCUT2D eigenvalue weighted by atomic mass is 32.2. The van der Waals surface area contributed by atoms with Crippen molar-refractivity contribution in [1.29, 1.82) is 5.26 Å². The van der Waals surface area contributed by atoms with Gasteiger partial charge < -0.3 is 9.47 Å². The van der Waals surface area contributed by atoms with Crippen molar-refractivity contribution in [3.63, 3.8) is 0 Å². The Morgan fingerprint density at radius 2 is 2.00 bits per heavy atom. The van der Waals surface area contributed by atoms with Crippen molar-refractivity contribution < 1.29 is 17.9 Å². The number of sulfonamides is 1. The van der Waals surface area contributed by atoms with Crippen LogP contribution in [0.2, 0.25) is 0 Å². The standard InChI is InChI=1S/C10H10N2O4S/c11-3-4-12-17(13,14)8-1-2-9-10(7-8)16-6-5-15-9/h1-2,7,12H,4-6H2. The molecule has 6 nitrogen and oxygen atoms in total. The van der Waals surface area contributed by atoms with Crippen molar-refractivity contribution in [2.24, 2.45) is 0 Å². The van der Waals surface area contributed by atoms with Crippen molar-refractivity contribution in [2.45, 2.75) is 4.90 Å². The molecule has 0 aromatic heterocycles. The molecule has 0 fully saturated rings. The normalized spacial score (nSPS) is 14.1. The Labute approximate surface area is 98.8 Å². The third kappa shape index (κ3) is 2.49. The minimum Gasteiger partial charge on any atom is -0.486 e. The van der Waals surface area contributed by atoms with Gasteiger partial charge in [0.05, 0.1) is 17.5 Å². The predicted molar refractivity (Wildman–Crippen MR) is 58.2 cm³/mol. The van der Waals surface area contributed by atoms with Crippen LogP contribution >= 0.6 is 0 Å². The first-order valence-electron chi connectivity index (χ1n) is 4.90. The van der Waals surface area contributed by atoms with Gasteiger partial charge >= 0.3 is 0 Å². The second kappa shape index (κ2) is 4.61. The number of hydrogen-bond donors (Lipinski definition) is 1. The fraction of sp³-hybridized carbons (Fsp3) is 0.300. The molecule has 2 rings (SSSR count). The number of rotatable bonds is 3. The zero-order valence-electron chi connectivity index (χ0n) is 8.84. The van der Waals surface area contributed by atoms with Gasteiger partial charge in [0.1, 0.15) is 13.2 Å². The van der Waals surface area contributed by atoms with Crippen LogP contribution in [0.25, 0.3) is 0 Å². The molecule has 0 aliphatic carbocycles. The average molecular weight is 254 g/mol. The van der Waals surface area contributed by atoms with Crippen LogP contribution in [0.15, 0.2) is 23.1 Å². The number of nitrogens with zero attached hydrogens (tertiary/aromatic N) is 1. The summed E-state index contributed by atoms with van der Waals surface area (Å²) in [6.45, 7) is 0.574. The molecule has 0 bridgehead atoms. The van der Waals surface area contributed by atoms with Crippen LogP contribution in [-0.4, -0.2) is 28.2 Å². The third-order valence-electron chi connectivity index (χ3n) is 2.17. The molecule has 1 N–H and O–H groups in total. The highest BCUT2D eigenvalue weighted by molar-refractivity contribution is 7.89. The van der Waals surface area contributed by atoms with E-state index in [0.29, 0.717) is 24.7 Å². The molecule has 0 unspecified atom stereocenters. The fourth-order valence-electron chi connectivity index (χ4n) is 1.40. The first-order chi connectivity index (χ1) is 8.13. The van der Waals surface area contributed by atoms with Gasteiger partial charge in [0.15, 0.2) is 11.5 Å². The molecule has 1 aromatic rings. The van der Waals surface area contributed by atoms with Crippen LogP contribution < -0.4 is 14.2 Å². The highest BCUT2D eigenvalue weighted by Crippen LogP contribution is 2.31. The molecule has 0 radical (unpaired) electrons. The number of nitrogens with one attached hydrogen (secondary N) is 1. The van der Waals surface area contributed by atoms with E-state index in [0.717, 1.165) is 0 Å². The second-order valence-electron chi connectivity index (χ2n) is 3.29. The lowest BCUT2D eigenvalue weighted by Crippen LogP contribution is -2.24. The van der Waals surface area contributed by atoms with E-state index < -0.39 is 10.0 Å². The van der Waals surface area contributed by atoms with Crippen LogP contribution in [0.4, 0.5) is 0 Å². The summed E-state index contributed by atoms with van der Waals surface area (Å²) in [5.74, 6) is 0.923. The molecule has 0 spiro atoms. The zero-order valence-corrected chi connectivity index (χ0v) is 9.66. The van der Waals surface area contributed by atoms with Gasteiger partial charge in [0.2, 0.25) is 10.0 Å². The fourth-order valence-corrected chi connectivity index (χ4v) is 2.33. The van der Waals surface area contributed by atoms with Crippen LogP contribution in [0.3, 0.4) is 0 Å². The Morgan fingerprint density at radius 1 is 1.29 bits per heavy atom. The van der Waals surface area contributed by atoms with E-state index in [2.05, 4.69) is 4.72 Å². The van der Waals surface area contributed by atoms with Gasteiger partial charge in [-0.3, -0.25) is 0 Å². The monoisotopic (exact) mass is 254 g/mol. The summed E-state index contributed by atoms with van der Waals surface area (Å²) < 4.78 is 36.1. The number of ether oxygens (including phenoxy) is 2. The lowest BCUT2D eigenvalue weighted by atomic mass is 10.3. The minimum atomic E-state index is -3.66. The highest BCUT2D eigenvalue weighted by Gasteiger charge is 2.18. The SMILES string of the molecule is N#CCNS(=O)(=O)c1ccc2c(c1)OCCO2. The molecule has 7 heteroatoms. The first kappa shape index (κ1) is 11.7. The third-order valence-corrected chi connectivity index (χ3v) is 3.56. The molecule has 1 heterocycles. The van der Waals surface area contributed by atoms with E-state index in [9.17, 15) is 8.42 Å². The van der Waals surface area contributed by atoms with Gasteiger partial charge in [-0.25, -0.2) is 8.42 Å². The van der Waals surface area contributed by atoms with Crippen LogP contribution in [0, 0.1) is 11.3 Å². The molecule has 0 amide bonds. The van der Waals surface area contributed by atoms with Crippen LogP contribution in [0.1, 0.15) is 0 Å². The second-order valence-corrected chi connectivity index (χ2v) is 5.06. The predicted octanol–water partition coefficient (Wildman–Crippen LogP) is 0.260. The Bertz CT molecular complexity index is 562. The van der Waals surface area contributed by atoms with E-state index in [1.54, 1.807) is 6.07 Å².